The summed E-state index contributed by atoms with van der Waals surface area (Å²) >= 11 is 1.62. The maximum atomic E-state index is 4.85. The number of hydrogen-bond donors (Lipinski definition) is 0. The van der Waals surface area contributed by atoms with Gasteiger partial charge in [-0.05, 0) is 24.3 Å². The van der Waals surface area contributed by atoms with Crippen molar-refractivity contribution in [1.82, 2.24) is 0 Å². The molecular formula is C8H8OS. The summed E-state index contributed by atoms with van der Waals surface area (Å²) in [6.45, 7) is 2.57. The zero-order valence-electron chi connectivity index (χ0n) is 5.76. The molecule has 0 fully saturated rings. The first kappa shape index (κ1) is 7.17. The van der Waals surface area contributed by atoms with Gasteiger partial charge in [0, 0.05) is 0 Å². The highest BCUT2D eigenvalue weighted by molar-refractivity contribution is 7.10. The van der Waals surface area contributed by atoms with Crippen molar-refractivity contribution in [3.05, 3.63) is 22.4 Å². The van der Waals surface area contributed by atoms with Crippen LogP contribution in [0.5, 0.6) is 0 Å². The predicted molar refractivity (Wildman–Crippen MR) is 42.8 cm³/mol. The topological polar surface area (TPSA) is 9.23 Å². The normalized spacial score (nSPS) is 8.10. The highest BCUT2D eigenvalue weighted by Gasteiger charge is 1.82. The lowest BCUT2D eigenvalue weighted by atomic mass is 10.5. The van der Waals surface area contributed by atoms with Gasteiger partial charge in [-0.3, -0.25) is 0 Å². The Labute approximate surface area is 64.6 Å². The quantitative estimate of drug-likeness (QED) is 0.560. The summed E-state index contributed by atoms with van der Waals surface area (Å²) in [5.74, 6) is 2.87. The molecule has 0 aliphatic heterocycles. The molecule has 0 bridgehead atoms. The Hall–Kier alpha value is -0.940. The van der Waals surface area contributed by atoms with Gasteiger partial charge >= 0.3 is 0 Å². The van der Waals surface area contributed by atoms with Gasteiger partial charge in [-0.25, -0.2) is 0 Å². The molecule has 0 aromatic carbocycles. The van der Waals surface area contributed by atoms with E-state index in [1.54, 1.807) is 11.3 Å². The zero-order valence-corrected chi connectivity index (χ0v) is 6.57. The maximum Gasteiger partial charge on any atom is 0.116 e. The highest BCUT2D eigenvalue weighted by Crippen LogP contribution is 2.05. The van der Waals surface area contributed by atoms with E-state index in [1.807, 2.05) is 24.4 Å². The number of ether oxygens (including phenoxy) is 1. The van der Waals surface area contributed by atoms with Crippen molar-refractivity contribution in [2.45, 2.75) is 6.92 Å². The van der Waals surface area contributed by atoms with Crippen LogP contribution in [-0.2, 0) is 4.74 Å². The Bertz CT molecular complexity index is 228. The third kappa shape index (κ3) is 2.12. The molecule has 0 saturated carbocycles. The van der Waals surface area contributed by atoms with Crippen molar-refractivity contribution in [3.8, 4) is 12.0 Å². The summed E-state index contributed by atoms with van der Waals surface area (Å²) in [5.41, 5.74) is 0. The molecule has 0 amide bonds. The molecule has 0 aliphatic rings. The molecule has 1 nitrogen and oxygen atoms in total. The second kappa shape index (κ2) is 3.97. The molecule has 10 heavy (non-hydrogen) atoms. The van der Waals surface area contributed by atoms with E-state index < -0.39 is 0 Å². The summed E-state index contributed by atoms with van der Waals surface area (Å²) in [6.07, 6.45) is 2.60. The number of rotatable bonds is 1. The summed E-state index contributed by atoms with van der Waals surface area (Å²) in [7, 11) is 0. The molecule has 1 aromatic heterocycles. The van der Waals surface area contributed by atoms with Gasteiger partial charge in [0.05, 0.1) is 11.5 Å². The molecule has 0 aliphatic carbocycles. The van der Waals surface area contributed by atoms with Crippen LogP contribution < -0.4 is 0 Å². The van der Waals surface area contributed by atoms with Crippen LogP contribution in [-0.4, -0.2) is 6.61 Å². The summed E-state index contributed by atoms with van der Waals surface area (Å²) in [5, 5.41) is 2.00. The second-order valence-electron chi connectivity index (χ2n) is 1.64. The minimum absolute atomic E-state index is 0.651. The Morgan fingerprint density at radius 2 is 2.60 bits per heavy atom. The third-order valence-electron chi connectivity index (χ3n) is 0.912. The summed E-state index contributed by atoms with van der Waals surface area (Å²) in [4.78, 5) is 1.05. The van der Waals surface area contributed by atoms with Crippen molar-refractivity contribution in [3.63, 3.8) is 0 Å². The highest BCUT2D eigenvalue weighted by atomic mass is 32.1. The minimum atomic E-state index is 0.651. The lowest BCUT2D eigenvalue weighted by Crippen LogP contribution is -1.76. The van der Waals surface area contributed by atoms with Crippen LogP contribution in [0.15, 0.2) is 17.5 Å². The average molecular weight is 152 g/mol. The van der Waals surface area contributed by atoms with E-state index in [9.17, 15) is 0 Å². The van der Waals surface area contributed by atoms with Crippen LogP contribution in [0.25, 0.3) is 0 Å². The first-order valence-electron chi connectivity index (χ1n) is 3.10. The molecular weight excluding hydrogens is 144 g/mol. The van der Waals surface area contributed by atoms with Crippen molar-refractivity contribution in [2.24, 2.45) is 0 Å². The van der Waals surface area contributed by atoms with E-state index in [4.69, 9.17) is 4.74 Å². The van der Waals surface area contributed by atoms with E-state index in [1.165, 1.54) is 0 Å². The molecule has 0 spiro atoms. The molecule has 0 radical (unpaired) electrons. The van der Waals surface area contributed by atoms with Gasteiger partial charge in [0.2, 0.25) is 0 Å². The summed E-state index contributed by atoms with van der Waals surface area (Å²) in [6, 6.07) is 3.94. The van der Waals surface area contributed by atoms with E-state index in [0.29, 0.717) is 6.61 Å². The average Bonchev–Trinajstić information content (AvgIpc) is 2.41. The lowest BCUT2D eigenvalue weighted by molar-refractivity contribution is 0.299. The van der Waals surface area contributed by atoms with Crippen molar-refractivity contribution in [2.75, 3.05) is 6.61 Å². The Kier molecular flexibility index (Phi) is 2.85. The van der Waals surface area contributed by atoms with Gasteiger partial charge in [0.15, 0.2) is 0 Å². The van der Waals surface area contributed by atoms with Crippen LogP contribution in [0.3, 0.4) is 0 Å². The van der Waals surface area contributed by atoms with Gasteiger partial charge in [0.25, 0.3) is 0 Å². The first-order valence-corrected chi connectivity index (χ1v) is 3.97. The van der Waals surface area contributed by atoms with Crippen LogP contribution in [0.4, 0.5) is 0 Å². The van der Waals surface area contributed by atoms with Gasteiger partial charge in [-0.15, -0.1) is 11.3 Å². The predicted octanol–water partition coefficient (Wildman–Crippen LogP) is 2.09. The number of hydrogen-bond acceptors (Lipinski definition) is 2. The van der Waals surface area contributed by atoms with Gasteiger partial charge < -0.3 is 4.74 Å². The smallest absolute Gasteiger partial charge is 0.116 e. The fraction of sp³-hybridized carbons (Fsp3) is 0.250. The van der Waals surface area contributed by atoms with Crippen LogP contribution in [0.1, 0.15) is 11.8 Å². The molecule has 1 aromatic rings. The SMILES string of the molecule is CCOC#Cc1cccs1. The van der Waals surface area contributed by atoms with E-state index in [0.717, 1.165) is 4.88 Å². The monoisotopic (exact) mass is 152 g/mol. The van der Waals surface area contributed by atoms with Crippen LogP contribution >= 0.6 is 11.3 Å². The minimum Gasteiger partial charge on any atom is -0.447 e. The van der Waals surface area contributed by atoms with Gasteiger partial charge in [-0.2, -0.15) is 0 Å². The van der Waals surface area contributed by atoms with Crippen LogP contribution in [0, 0.1) is 12.0 Å². The molecule has 0 atom stereocenters. The van der Waals surface area contributed by atoms with Gasteiger partial charge in [0.1, 0.15) is 6.11 Å². The molecule has 52 valence electrons. The molecule has 0 unspecified atom stereocenters. The zero-order chi connectivity index (χ0) is 7.23. The first-order chi connectivity index (χ1) is 4.93. The standard InChI is InChI=1S/C8H8OS/c1-2-9-6-5-8-4-3-7-10-8/h3-4,7H,2H2,1H3. The molecule has 1 heterocycles. The largest absolute Gasteiger partial charge is 0.447 e. The van der Waals surface area contributed by atoms with Crippen molar-refractivity contribution in [1.29, 1.82) is 0 Å². The third-order valence-corrected chi connectivity index (χ3v) is 1.70. The Balaban J connectivity index is 2.49. The van der Waals surface area contributed by atoms with Crippen molar-refractivity contribution >= 4 is 11.3 Å². The molecule has 0 N–H and O–H groups in total. The van der Waals surface area contributed by atoms with E-state index in [2.05, 4.69) is 12.0 Å². The second-order valence-corrected chi connectivity index (χ2v) is 2.59. The fourth-order valence-corrected chi connectivity index (χ4v) is 1.07. The molecule has 1 rings (SSSR count). The van der Waals surface area contributed by atoms with E-state index in [-0.39, 0.29) is 0 Å². The lowest BCUT2D eigenvalue weighted by Gasteiger charge is -1.83. The molecule has 0 saturated heterocycles. The molecule has 2 heteroatoms. The maximum absolute atomic E-state index is 4.85. The van der Waals surface area contributed by atoms with Gasteiger partial charge in [-0.1, -0.05) is 6.07 Å². The number of thiophene rings is 1. The Morgan fingerprint density at radius 3 is 3.20 bits per heavy atom. The van der Waals surface area contributed by atoms with E-state index >= 15 is 0 Å². The summed E-state index contributed by atoms with van der Waals surface area (Å²) < 4.78 is 4.85. The fourth-order valence-electron chi connectivity index (χ4n) is 0.508. The van der Waals surface area contributed by atoms with Crippen molar-refractivity contribution < 1.29 is 4.74 Å². The van der Waals surface area contributed by atoms with Crippen LogP contribution in [0.2, 0.25) is 0 Å². The Morgan fingerprint density at radius 1 is 1.70 bits per heavy atom.